The average molecular weight is 529 g/mol. The minimum Gasteiger partial charge on any atom is -0.488 e. The van der Waals surface area contributed by atoms with E-state index in [9.17, 15) is 14.0 Å². The lowest BCUT2D eigenvalue weighted by Crippen LogP contribution is -2.30. The number of hydrogen-bond acceptors (Lipinski definition) is 6. The first kappa shape index (κ1) is 28.6. The van der Waals surface area contributed by atoms with Crippen molar-refractivity contribution in [2.75, 3.05) is 27.2 Å². The van der Waals surface area contributed by atoms with Crippen molar-refractivity contribution in [3.05, 3.63) is 65.6 Å². The molecule has 9 nitrogen and oxygen atoms in total. The van der Waals surface area contributed by atoms with Gasteiger partial charge >= 0.3 is 0 Å². The summed E-state index contributed by atoms with van der Waals surface area (Å²) in [7, 11) is 3.29. The maximum absolute atomic E-state index is 15.0. The van der Waals surface area contributed by atoms with Gasteiger partial charge in [-0.15, -0.1) is 0 Å². The molecule has 2 amide bonds. The van der Waals surface area contributed by atoms with Crippen LogP contribution in [0.4, 0.5) is 4.39 Å². The normalized spacial score (nSPS) is 16.1. The number of amidine groups is 1. The van der Waals surface area contributed by atoms with E-state index in [4.69, 9.17) is 19.9 Å². The molecule has 10 heteroatoms. The first-order valence-electron chi connectivity index (χ1n) is 12.4. The number of methoxy groups -OCH3 is 1. The van der Waals surface area contributed by atoms with Crippen LogP contribution in [-0.2, 0) is 4.74 Å². The van der Waals surface area contributed by atoms with Crippen LogP contribution in [0, 0.1) is 5.82 Å². The maximum Gasteiger partial charge on any atom is 0.279 e. The number of ether oxygens (including phenoxy) is 3. The third kappa shape index (κ3) is 7.55. The standard InChI is InChI=1S/C28H35FN4O5.H2/c1-6-28(2,3)38-22-14-18(26(34)32-25(30)9-11-31-4)13-21(15-22)37-19-7-8-23(24(29)16-19)27(35)33-12-10-20(17-33)36-5;/h7-9,11,13-16,20,31H,6,10,12,17H2,1-5H3,(H2,30,32,34);1H/b11-9-;/t20-;/m0./s1. The summed E-state index contributed by atoms with van der Waals surface area (Å²) in [6.45, 7) is 6.74. The second-order valence-corrected chi connectivity index (χ2v) is 9.51. The fourth-order valence-electron chi connectivity index (χ4n) is 3.74. The summed E-state index contributed by atoms with van der Waals surface area (Å²) in [5, 5.41) is 2.77. The molecular formula is C28H37FN4O5. The van der Waals surface area contributed by atoms with Crippen molar-refractivity contribution in [3.63, 3.8) is 0 Å². The third-order valence-electron chi connectivity index (χ3n) is 6.20. The van der Waals surface area contributed by atoms with Crippen molar-refractivity contribution in [2.45, 2.75) is 45.3 Å². The number of aliphatic imine (C=N–C) groups is 1. The molecule has 0 saturated carbocycles. The number of nitrogens with one attached hydrogen (secondary N) is 1. The van der Waals surface area contributed by atoms with Crippen molar-refractivity contribution in [1.82, 2.24) is 10.2 Å². The molecule has 0 bridgehead atoms. The van der Waals surface area contributed by atoms with Crippen LogP contribution in [0.2, 0.25) is 0 Å². The molecule has 3 rings (SSSR count). The van der Waals surface area contributed by atoms with Crippen molar-refractivity contribution in [1.29, 1.82) is 0 Å². The zero-order valence-corrected chi connectivity index (χ0v) is 22.4. The molecule has 2 aromatic rings. The molecule has 38 heavy (non-hydrogen) atoms. The smallest absolute Gasteiger partial charge is 0.279 e. The van der Waals surface area contributed by atoms with E-state index in [0.29, 0.717) is 31.7 Å². The van der Waals surface area contributed by atoms with E-state index >= 15 is 0 Å². The summed E-state index contributed by atoms with van der Waals surface area (Å²) < 4.78 is 32.2. The molecule has 0 unspecified atom stereocenters. The quantitative estimate of drug-likeness (QED) is 0.344. The lowest BCUT2D eigenvalue weighted by Gasteiger charge is -2.25. The number of likely N-dealkylation sites (tertiary alicyclic amines) is 1. The van der Waals surface area contributed by atoms with Gasteiger partial charge < -0.3 is 30.2 Å². The van der Waals surface area contributed by atoms with Crippen LogP contribution in [0.3, 0.4) is 0 Å². The highest BCUT2D eigenvalue weighted by Gasteiger charge is 2.28. The molecular weight excluding hydrogens is 491 g/mol. The lowest BCUT2D eigenvalue weighted by molar-refractivity contribution is 0.0719. The van der Waals surface area contributed by atoms with E-state index in [2.05, 4.69) is 10.3 Å². The number of benzene rings is 2. The topological polar surface area (TPSA) is 115 Å². The van der Waals surface area contributed by atoms with E-state index in [0.717, 1.165) is 6.07 Å². The molecule has 1 fully saturated rings. The number of nitrogens with zero attached hydrogens (tertiary/aromatic N) is 2. The van der Waals surface area contributed by atoms with E-state index in [-0.39, 0.29) is 36.0 Å². The second kappa shape index (κ2) is 12.6. The highest BCUT2D eigenvalue weighted by Crippen LogP contribution is 2.31. The highest BCUT2D eigenvalue weighted by molar-refractivity contribution is 6.06. The predicted molar refractivity (Wildman–Crippen MR) is 145 cm³/mol. The zero-order valence-electron chi connectivity index (χ0n) is 22.4. The summed E-state index contributed by atoms with van der Waals surface area (Å²) >= 11 is 0. The molecule has 1 saturated heterocycles. The third-order valence-corrected chi connectivity index (χ3v) is 6.20. The van der Waals surface area contributed by atoms with Gasteiger partial charge in [0.1, 0.15) is 34.5 Å². The summed E-state index contributed by atoms with van der Waals surface area (Å²) in [5.41, 5.74) is 5.42. The molecule has 1 aliphatic heterocycles. The van der Waals surface area contributed by atoms with E-state index < -0.39 is 23.2 Å². The van der Waals surface area contributed by atoms with Gasteiger partial charge in [-0.1, -0.05) is 6.92 Å². The fourth-order valence-corrected chi connectivity index (χ4v) is 3.74. The van der Waals surface area contributed by atoms with Gasteiger partial charge in [-0.05, 0) is 63.2 Å². The van der Waals surface area contributed by atoms with Gasteiger partial charge in [0, 0.05) is 46.4 Å². The highest BCUT2D eigenvalue weighted by atomic mass is 19.1. The fraction of sp³-hybridized carbons (Fsp3) is 0.393. The number of halogens is 1. The molecule has 1 aliphatic rings. The maximum atomic E-state index is 15.0. The minimum atomic E-state index is -0.710. The number of nitrogens with two attached hydrogens (primary N) is 1. The van der Waals surface area contributed by atoms with E-state index in [1.807, 2.05) is 20.8 Å². The Morgan fingerprint density at radius 3 is 2.61 bits per heavy atom. The van der Waals surface area contributed by atoms with Crippen molar-refractivity contribution < 1.29 is 29.6 Å². The van der Waals surface area contributed by atoms with Gasteiger partial charge in [0.2, 0.25) is 0 Å². The Morgan fingerprint density at radius 2 is 1.97 bits per heavy atom. The number of carbonyl (C=O) groups excluding carboxylic acids is 2. The number of hydrogen-bond donors (Lipinski definition) is 2. The number of amides is 2. The summed E-state index contributed by atoms with van der Waals surface area (Å²) in [5.74, 6) is -0.923. The lowest BCUT2D eigenvalue weighted by atomic mass is 10.1. The van der Waals surface area contributed by atoms with Crippen molar-refractivity contribution >= 4 is 17.6 Å². The van der Waals surface area contributed by atoms with Crippen LogP contribution in [0.5, 0.6) is 17.2 Å². The van der Waals surface area contributed by atoms with Gasteiger partial charge in [-0.2, -0.15) is 4.99 Å². The SMILES string of the molecule is CCC(C)(C)Oc1cc(Oc2ccc(C(=O)N3CC[C@H](OC)C3)c(F)c2)cc(C(=O)N=C(N)/C=C\NC)c1.[HH]. The molecule has 2 aromatic carbocycles. The monoisotopic (exact) mass is 528 g/mol. The van der Waals surface area contributed by atoms with Crippen LogP contribution in [0.1, 0.15) is 55.8 Å². The Balaban J connectivity index is 0.00000533. The first-order valence-corrected chi connectivity index (χ1v) is 12.4. The largest absolute Gasteiger partial charge is 0.488 e. The summed E-state index contributed by atoms with van der Waals surface area (Å²) in [4.78, 5) is 31.1. The van der Waals surface area contributed by atoms with Crippen molar-refractivity contribution in [2.24, 2.45) is 10.7 Å². The minimum absolute atomic E-state index is 0. The van der Waals surface area contributed by atoms with Gasteiger partial charge in [-0.3, -0.25) is 9.59 Å². The van der Waals surface area contributed by atoms with Crippen LogP contribution >= 0.6 is 0 Å². The Morgan fingerprint density at radius 1 is 1.24 bits per heavy atom. The van der Waals surface area contributed by atoms with Crippen LogP contribution in [0.15, 0.2) is 53.7 Å². The van der Waals surface area contributed by atoms with E-state index in [1.165, 1.54) is 24.3 Å². The summed E-state index contributed by atoms with van der Waals surface area (Å²) in [6, 6.07) is 8.66. The average Bonchev–Trinajstić information content (AvgIpc) is 3.36. The molecule has 3 N–H and O–H groups in total. The molecule has 1 atom stereocenters. The molecule has 0 aliphatic carbocycles. The predicted octanol–water partition coefficient (Wildman–Crippen LogP) is 4.52. The molecule has 0 radical (unpaired) electrons. The molecule has 0 spiro atoms. The Bertz CT molecular complexity index is 1230. The van der Waals surface area contributed by atoms with Gasteiger partial charge in [0.25, 0.3) is 11.8 Å². The zero-order chi connectivity index (χ0) is 27.9. The number of carbonyl (C=O) groups is 2. The first-order chi connectivity index (χ1) is 18.0. The van der Waals surface area contributed by atoms with Crippen LogP contribution in [0.25, 0.3) is 0 Å². The second-order valence-electron chi connectivity index (χ2n) is 9.51. The molecule has 206 valence electrons. The van der Waals surface area contributed by atoms with Gasteiger partial charge in [-0.25, -0.2) is 4.39 Å². The van der Waals surface area contributed by atoms with Crippen molar-refractivity contribution in [3.8, 4) is 17.2 Å². The van der Waals surface area contributed by atoms with E-state index in [1.54, 1.807) is 37.4 Å². The van der Waals surface area contributed by atoms with Gasteiger partial charge in [0.15, 0.2) is 0 Å². The Hall–Kier alpha value is -3.92. The van der Waals surface area contributed by atoms with Crippen LogP contribution in [-0.4, -0.2) is 61.5 Å². The molecule has 1 heterocycles. The summed E-state index contributed by atoms with van der Waals surface area (Å²) in [6.07, 6.45) is 4.38. The number of rotatable bonds is 10. The Kier molecular flexibility index (Phi) is 9.46. The van der Waals surface area contributed by atoms with Gasteiger partial charge in [0.05, 0.1) is 11.7 Å². The van der Waals surface area contributed by atoms with Crippen LogP contribution < -0.4 is 20.5 Å². The Labute approximate surface area is 223 Å². The molecule has 0 aromatic heterocycles.